The highest BCUT2D eigenvalue weighted by Crippen LogP contribution is 2.24. The van der Waals surface area contributed by atoms with E-state index in [1.807, 2.05) is 0 Å². The van der Waals surface area contributed by atoms with Gasteiger partial charge in [-0.3, -0.25) is 4.79 Å². The third-order valence-corrected chi connectivity index (χ3v) is 3.50. The van der Waals surface area contributed by atoms with Gasteiger partial charge in [-0.25, -0.2) is 9.18 Å². The Morgan fingerprint density at radius 1 is 1.29 bits per heavy atom. The van der Waals surface area contributed by atoms with E-state index in [1.165, 1.54) is 12.1 Å². The molecule has 0 unspecified atom stereocenters. The van der Waals surface area contributed by atoms with Crippen molar-refractivity contribution in [2.75, 3.05) is 6.61 Å². The van der Waals surface area contributed by atoms with Crippen molar-refractivity contribution in [1.29, 1.82) is 0 Å². The molecule has 0 spiro atoms. The van der Waals surface area contributed by atoms with Gasteiger partial charge in [0.15, 0.2) is 11.5 Å². The second-order valence-corrected chi connectivity index (χ2v) is 4.99. The van der Waals surface area contributed by atoms with Crippen molar-refractivity contribution < 1.29 is 23.8 Å². The fourth-order valence-electron chi connectivity index (χ4n) is 1.60. The van der Waals surface area contributed by atoms with Crippen LogP contribution in [0.5, 0.6) is 5.75 Å². The van der Waals surface area contributed by atoms with Gasteiger partial charge >= 0.3 is 5.97 Å². The lowest BCUT2D eigenvalue weighted by molar-refractivity contribution is -0.123. The summed E-state index contributed by atoms with van der Waals surface area (Å²) in [4.78, 5) is 22.5. The average molecular weight is 309 g/mol. The van der Waals surface area contributed by atoms with Crippen LogP contribution in [0.4, 0.5) is 4.39 Å². The number of rotatable bonds is 6. The van der Waals surface area contributed by atoms with E-state index in [-0.39, 0.29) is 23.8 Å². The molecule has 110 valence electrons. The minimum Gasteiger partial charge on any atom is -0.482 e. The largest absolute Gasteiger partial charge is 0.482 e. The molecular weight excluding hydrogens is 297 g/mol. The van der Waals surface area contributed by atoms with Crippen LogP contribution in [0.15, 0.2) is 35.7 Å². The lowest BCUT2D eigenvalue weighted by Crippen LogP contribution is -2.28. The number of carbonyl (C=O) groups is 2. The van der Waals surface area contributed by atoms with Crippen LogP contribution >= 0.6 is 11.3 Å². The molecule has 0 aliphatic rings. The average Bonchev–Trinajstić information content (AvgIpc) is 2.93. The summed E-state index contributed by atoms with van der Waals surface area (Å²) >= 11 is 1.02. The molecule has 21 heavy (non-hydrogen) atoms. The van der Waals surface area contributed by atoms with Crippen LogP contribution in [-0.2, 0) is 11.3 Å². The van der Waals surface area contributed by atoms with Crippen LogP contribution in [0.25, 0.3) is 0 Å². The minimum absolute atomic E-state index is 0.0388. The first kappa shape index (κ1) is 15.0. The Morgan fingerprint density at radius 2 is 2.05 bits per heavy atom. The number of benzene rings is 1. The molecule has 1 amide bonds. The zero-order chi connectivity index (χ0) is 15.2. The van der Waals surface area contributed by atoms with E-state index in [4.69, 9.17) is 9.84 Å². The maximum atomic E-state index is 13.3. The molecule has 0 saturated carbocycles. The molecule has 0 saturated heterocycles. The molecule has 1 aromatic heterocycles. The summed E-state index contributed by atoms with van der Waals surface area (Å²) in [6.45, 7) is -0.282. The van der Waals surface area contributed by atoms with Crippen molar-refractivity contribution in [1.82, 2.24) is 5.32 Å². The highest BCUT2D eigenvalue weighted by atomic mass is 32.1. The first-order valence-electron chi connectivity index (χ1n) is 6.01. The van der Waals surface area contributed by atoms with Crippen LogP contribution in [0.3, 0.4) is 0 Å². The van der Waals surface area contributed by atoms with E-state index >= 15 is 0 Å². The Morgan fingerprint density at radius 3 is 2.76 bits per heavy atom. The standard InChI is InChI=1S/C14H12FNO4S/c15-10-4-2-1-3-9(10)7-16-12(17)8-20-11-5-6-21-13(11)14(18)19/h1-6H,7-8H2,(H,16,17)(H,18,19). The number of halogens is 1. The van der Waals surface area contributed by atoms with Gasteiger partial charge in [0.1, 0.15) is 11.6 Å². The summed E-state index contributed by atoms with van der Waals surface area (Å²) in [5.41, 5.74) is 0.368. The Bertz CT molecular complexity index is 656. The number of hydrogen-bond donors (Lipinski definition) is 2. The molecular formula is C14H12FNO4S. The fraction of sp³-hybridized carbons (Fsp3) is 0.143. The molecule has 5 nitrogen and oxygen atoms in total. The van der Waals surface area contributed by atoms with Crippen molar-refractivity contribution >= 4 is 23.2 Å². The summed E-state index contributed by atoms with van der Waals surface area (Å²) in [5.74, 6) is -1.81. The molecule has 0 aliphatic heterocycles. The van der Waals surface area contributed by atoms with Gasteiger partial charge in [0, 0.05) is 12.1 Å². The third kappa shape index (κ3) is 4.03. The predicted molar refractivity (Wildman–Crippen MR) is 75.0 cm³/mol. The normalized spacial score (nSPS) is 10.1. The molecule has 1 heterocycles. The summed E-state index contributed by atoms with van der Waals surface area (Å²) in [5, 5.41) is 13.0. The fourth-order valence-corrected chi connectivity index (χ4v) is 2.27. The molecule has 7 heteroatoms. The van der Waals surface area contributed by atoms with Crippen LogP contribution in [0, 0.1) is 5.82 Å². The van der Waals surface area contributed by atoms with Gasteiger partial charge in [-0.2, -0.15) is 0 Å². The number of thiophene rings is 1. The van der Waals surface area contributed by atoms with Gasteiger partial charge in [0.25, 0.3) is 5.91 Å². The van der Waals surface area contributed by atoms with Crippen LogP contribution in [-0.4, -0.2) is 23.6 Å². The quantitative estimate of drug-likeness (QED) is 0.858. The monoisotopic (exact) mass is 309 g/mol. The van der Waals surface area contributed by atoms with Gasteiger partial charge < -0.3 is 15.2 Å². The zero-order valence-electron chi connectivity index (χ0n) is 10.8. The number of carboxylic acids is 1. The van der Waals surface area contributed by atoms with E-state index in [1.54, 1.807) is 23.6 Å². The topological polar surface area (TPSA) is 75.6 Å². The maximum Gasteiger partial charge on any atom is 0.349 e. The van der Waals surface area contributed by atoms with Gasteiger partial charge in [-0.05, 0) is 17.5 Å². The zero-order valence-corrected chi connectivity index (χ0v) is 11.7. The molecule has 2 N–H and O–H groups in total. The van der Waals surface area contributed by atoms with Crippen molar-refractivity contribution in [2.45, 2.75) is 6.54 Å². The van der Waals surface area contributed by atoms with Crippen LogP contribution < -0.4 is 10.1 Å². The Hall–Kier alpha value is -2.41. The molecule has 0 fully saturated rings. The maximum absolute atomic E-state index is 13.3. The number of hydrogen-bond acceptors (Lipinski definition) is 4. The minimum atomic E-state index is -1.10. The lowest BCUT2D eigenvalue weighted by Gasteiger charge is -2.07. The Kier molecular flexibility index (Phi) is 4.89. The van der Waals surface area contributed by atoms with Crippen LogP contribution in [0.2, 0.25) is 0 Å². The number of amides is 1. The second-order valence-electron chi connectivity index (χ2n) is 4.08. The van der Waals surface area contributed by atoms with E-state index < -0.39 is 17.7 Å². The molecule has 0 aliphatic carbocycles. The van der Waals surface area contributed by atoms with Crippen LogP contribution in [0.1, 0.15) is 15.2 Å². The van der Waals surface area contributed by atoms with Gasteiger partial charge in [0.05, 0.1) is 0 Å². The molecule has 0 radical (unpaired) electrons. The van der Waals surface area contributed by atoms with E-state index in [2.05, 4.69) is 5.32 Å². The first-order chi connectivity index (χ1) is 10.1. The number of carboxylic acid groups (broad SMARTS) is 1. The Balaban J connectivity index is 1.84. The van der Waals surface area contributed by atoms with Crippen molar-refractivity contribution in [3.05, 3.63) is 52.0 Å². The first-order valence-corrected chi connectivity index (χ1v) is 6.89. The van der Waals surface area contributed by atoms with E-state index in [9.17, 15) is 14.0 Å². The van der Waals surface area contributed by atoms with E-state index in [0.717, 1.165) is 11.3 Å². The highest BCUT2D eigenvalue weighted by Gasteiger charge is 2.14. The number of carbonyl (C=O) groups excluding carboxylic acids is 1. The highest BCUT2D eigenvalue weighted by molar-refractivity contribution is 7.12. The molecule has 1 aromatic carbocycles. The van der Waals surface area contributed by atoms with Crippen molar-refractivity contribution in [3.63, 3.8) is 0 Å². The van der Waals surface area contributed by atoms with Gasteiger partial charge in [-0.15, -0.1) is 11.3 Å². The molecule has 2 aromatic rings. The lowest BCUT2D eigenvalue weighted by atomic mass is 10.2. The number of ether oxygens (including phenoxy) is 1. The molecule has 0 bridgehead atoms. The van der Waals surface area contributed by atoms with E-state index in [0.29, 0.717) is 5.56 Å². The van der Waals surface area contributed by atoms with Gasteiger partial charge in [-0.1, -0.05) is 18.2 Å². The van der Waals surface area contributed by atoms with Crippen molar-refractivity contribution in [3.8, 4) is 5.75 Å². The number of aromatic carboxylic acids is 1. The summed E-state index contributed by atoms with van der Waals surface area (Å²) in [6.07, 6.45) is 0. The van der Waals surface area contributed by atoms with Gasteiger partial charge in [0.2, 0.25) is 0 Å². The van der Waals surface area contributed by atoms with Crippen molar-refractivity contribution in [2.24, 2.45) is 0 Å². The summed E-state index contributed by atoms with van der Waals surface area (Å²) < 4.78 is 18.5. The SMILES string of the molecule is O=C(COc1ccsc1C(=O)O)NCc1ccccc1F. The third-order valence-electron chi connectivity index (χ3n) is 2.62. The predicted octanol–water partition coefficient (Wildman–Crippen LogP) is 2.28. The second kappa shape index (κ2) is 6.85. The Labute approximate surface area is 124 Å². The number of nitrogens with one attached hydrogen (secondary N) is 1. The molecule has 0 atom stereocenters. The smallest absolute Gasteiger partial charge is 0.349 e. The summed E-state index contributed by atoms with van der Waals surface area (Å²) in [6, 6.07) is 7.60. The summed E-state index contributed by atoms with van der Waals surface area (Å²) in [7, 11) is 0. The molecule has 2 rings (SSSR count).